The van der Waals surface area contributed by atoms with Crippen molar-refractivity contribution in [3.05, 3.63) is 60.2 Å². The van der Waals surface area contributed by atoms with Crippen molar-refractivity contribution in [1.82, 2.24) is 0 Å². The first kappa shape index (κ1) is 14.1. The third-order valence-electron chi connectivity index (χ3n) is 2.80. The third kappa shape index (κ3) is 3.59. The zero-order valence-corrected chi connectivity index (χ0v) is 11.6. The van der Waals surface area contributed by atoms with Gasteiger partial charge in [-0.15, -0.1) is 0 Å². The van der Waals surface area contributed by atoms with Gasteiger partial charge >= 0.3 is 0 Å². The smallest absolute Gasteiger partial charge is 0.180 e. The summed E-state index contributed by atoms with van der Waals surface area (Å²) in [6, 6.07) is 17.4. The van der Waals surface area contributed by atoms with Crippen LogP contribution in [0.3, 0.4) is 0 Å². The number of benzene rings is 2. The van der Waals surface area contributed by atoms with Crippen LogP contribution in [0, 0.1) is 11.3 Å². The molecule has 0 aromatic heterocycles. The monoisotopic (exact) mass is 286 g/mol. The van der Waals surface area contributed by atoms with E-state index in [0.29, 0.717) is 12.1 Å². The molecule has 2 aromatic carbocycles. The van der Waals surface area contributed by atoms with Gasteiger partial charge in [-0.25, -0.2) is 8.42 Å². The van der Waals surface area contributed by atoms with Crippen LogP contribution in [0.25, 0.3) is 0 Å². The second-order valence-electron chi connectivity index (χ2n) is 4.25. The van der Waals surface area contributed by atoms with Crippen LogP contribution in [0.4, 0.5) is 5.69 Å². The lowest BCUT2D eigenvalue weighted by Crippen LogP contribution is -2.16. The van der Waals surface area contributed by atoms with Gasteiger partial charge in [0.15, 0.2) is 9.84 Å². The Bertz CT molecular complexity index is 719. The molecule has 0 atom stereocenters. The maximum atomic E-state index is 12.1. The molecule has 0 fully saturated rings. The number of rotatable bonds is 5. The first-order chi connectivity index (χ1) is 9.62. The van der Waals surface area contributed by atoms with Crippen LogP contribution in [-0.4, -0.2) is 20.7 Å². The molecule has 5 heteroatoms. The highest BCUT2D eigenvalue weighted by Gasteiger charge is 2.14. The normalized spacial score (nSPS) is 10.8. The molecule has 20 heavy (non-hydrogen) atoms. The number of hydrogen-bond acceptors (Lipinski definition) is 4. The number of nitrogens with one attached hydrogen (secondary N) is 1. The summed E-state index contributed by atoms with van der Waals surface area (Å²) in [5, 5.41) is 11.9. The number of hydrogen-bond donors (Lipinski definition) is 1. The van der Waals surface area contributed by atoms with E-state index >= 15 is 0 Å². The van der Waals surface area contributed by atoms with Crippen LogP contribution in [0.5, 0.6) is 0 Å². The van der Waals surface area contributed by atoms with Crippen molar-refractivity contribution in [2.75, 3.05) is 17.6 Å². The predicted molar refractivity (Wildman–Crippen MR) is 78.1 cm³/mol. The van der Waals surface area contributed by atoms with Crippen molar-refractivity contribution in [3.8, 4) is 6.07 Å². The molecule has 0 radical (unpaired) electrons. The Labute approximate surface area is 118 Å². The quantitative estimate of drug-likeness (QED) is 0.916. The molecule has 0 saturated heterocycles. The average Bonchev–Trinajstić information content (AvgIpc) is 2.48. The van der Waals surface area contributed by atoms with Crippen LogP contribution in [0.1, 0.15) is 5.56 Å². The summed E-state index contributed by atoms with van der Waals surface area (Å²) in [5.74, 6) is -0.0171. The van der Waals surface area contributed by atoms with Gasteiger partial charge in [0.05, 0.1) is 22.3 Å². The molecule has 0 spiro atoms. The minimum Gasteiger partial charge on any atom is -0.384 e. The van der Waals surface area contributed by atoms with E-state index in [1.165, 1.54) is 12.1 Å². The minimum absolute atomic E-state index is 0.0171. The molecule has 0 unspecified atom stereocenters. The SMILES string of the molecule is N#Cc1cccc(S(=O)(=O)CCNc2ccccc2)c1. The molecule has 2 rings (SSSR count). The Morgan fingerprint density at radius 2 is 1.80 bits per heavy atom. The van der Waals surface area contributed by atoms with E-state index in [0.717, 1.165) is 5.69 Å². The van der Waals surface area contributed by atoms with Crippen molar-refractivity contribution in [3.63, 3.8) is 0 Å². The zero-order chi connectivity index (χ0) is 14.4. The van der Waals surface area contributed by atoms with Gasteiger partial charge in [0.25, 0.3) is 0 Å². The number of anilines is 1. The zero-order valence-electron chi connectivity index (χ0n) is 10.8. The second-order valence-corrected chi connectivity index (χ2v) is 6.36. The summed E-state index contributed by atoms with van der Waals surface area (Å²) in [5.41, 5.74) is 1.23. The van der Waals surface area contributed by atoms with Gasteiger partial charge in [0, 0.05) is 12.2 Å². The molecule has 0 heterocycles. The summed E-state index contributed by atoms with van der Waals surface area (Å²) in [4.78, 5) is 0.186. The first-order valence-electron chi connectivity index (χ1n) is 6.14. The topological polar surface area (TPSA) is 70.0 Å². The Kier molecular flexibility index (Phi) is 4.38. The maximum Gasteiger partial charge on any atom is 0.180 e. The van der Waals surface area contributed by atoms with E-state index in [1.54, 1.807) is 12.1 Å². The van der Waals surface area contributed by atoms with Gasteiger partial charge < -0.3 is 5.32 Å². The molecule has 0 bridgehead atoms. The standard InChI is InChI=1S/C15H14N2O2S/c16-12-13-5-4-8-15(11-13)20(18,19)10-9-17-14-6-2-1-3-7-14/h1-8,11,17H,9-10H2. The number of para-hydroxylation sites is 1. The number of nitriles is 1. The van der Waals surface area contributed by atoms with E-state index in [4.69, 9.17) is 5.26 Å². The molecular formula is C15H14N2O2S. The summed E-state index contributed by atoms with van der Waals surface area (Å²) in [6.07, 6.45) is 0. The summed E-state index contributed by atoms with van der Waals surface area (Å²) < 4.78 is 24.3. The highest BCUT2D eigenvalue weighted by Crippen LogP contribution is 2.13. The Morgan fingerprint density at radius 1 is 1.05 bits per heavy atom. The van der Waals surface area contributed by atoms with E-state index in [1.807, 2.05) is 36.4 Å². The number of nitrogens with zero attached hydrogens (tertiary/aromatic N) is 1. The van der Waals surface area contributed by atoms with Gasteiger partial charge in [-0.2, -0.15) is 5.26 Å². The van der Waals surface area contributed by atoms with Crippen LogP contribution in [0.15, 0.2) is 59.5 Å². The molecule has 0 amide bonds. The fourth-order valence-corrected chi connectivity index (χ4v) is 2.96. The highest BCUT2D eigenvalue weighted by atomic mass is 32.2. The molecule has 0 saturated carbocycles. The molecular weight excluding hydrogens is 272 g/mol. The highest BCUT2D eigenvalue weighted by molar-refractivity contribution is 7.91. The van der Waals surface area contributed by atoms with Crippen LogP contribution >= 0.6 is 0 Å². The summed E-state index contributed by atoms with van der Waals surface area (Å²) in [6.45, 7) is 0.323. The van der Waals surface area contributed by atoms with Crippen LogP contribution in [-0.2, 0) is 9.84 Å². The van der Waals surface area contributed by atoms with Crippen molar-refractivity contribution >= 4 is 15.5 Å². The van der Waals surface area contributed by atoms with Crippen LogP contribution < -0.4 is 5.32 Å². The molecule has 2 aromatic rings. The molecule has 102 valence electrons. The van der Waals surface area contributed by atoms with E-state index < -0.39 is 9.84 Å². The van der Waals surface area contributed by atoms with E-state index in [-0.39, 0.29) is 10.6 Å². The van der Waals surface area contributed by atoms with Gasteiger partial charge in [0.2, 0.25) is 0 Å². The fraction of sp³-hybridized carbons (Fsp3) is 0.133. The van der Waals surface area contributed by atoms with Gasteiger partial charge in [-0.05, 0) is 30.3 Å². The molecule has 0 aliphatic carbocycles. The Balaban J connectivity index is 2.02. The lowest BCUT2D eigenvalue weighted by Gasteiger charge is -2.07. The Morgan fingerprint density at radius 3 is 2.50 bits per heavy atom. The molecule has 0 aliphatic rings. The predicted octanol–water partition coefficient (Wildman–Crippen LogP) is 2.44. The first-order valence-corrected chi connectivity index (χ1v) is 7.79. The third-order valence-corrected chi connectivity index (χ3v) is 4.51. The van der Waals surface area contributed by atoms with Crippen molar-refractivity contribution in [1.29, 1.82) is 5.26 Å². The lowest BCUT2D eigenvalue weighted by atomic mass is 10.2. The average molecular weight is 286 g/mol. The van der Waals surface area contributed by atoms with Gasteiger partial charge in [-0.1, -0.05) is 24.3 Å². The van der Waals surface area contributed by atoms with Gasteiger partial charge in [0.1, 0.15) is 0 Å². The van der Waals surface area contributed by atoms with E-state index in [2.05, 4.69) is 5.32 Å². The second kappa shape index (κ2) is 6.22. The molecule has 4 nitrogen and oxygen atoms in total. The van der Waals surface area contributed by atoms with Gasteiger partial charge in [-0.3, -0.25) is 0 Å². The Hall–Kier alpha value is -2.32. The number of sulfone groups is 1. The lowest BCUT2D eigenvalue weighted by molar-refractivity contribution is 0.596. The maximum absolute atomic E-state index is 12.1. The van der Waals surface area contributed by atoms with E-state index in [9.17, 15) is 8.42 Å². The fourth-order valence-electron chi connectivity index (χ4n) is 1.76. The van der Waals surface area contributed by atoms with Crippen LogP contribution in [0.2, 0.25) is 0 Å². The summed E-state index contributed by atoms with van der Waals surface area (Å²) in [7, 11) is -3.38. The molecule has 1 N–H and O–H groups in total. The largest absolute Gasteiger partial charge is 0.384 e. The van der Waals surface area contributed by atoms with Crippen molar-refractivity contribution in [2.45, 2.75) is 4.90 Å². The molecule has 0 aliphatic heterocycles. The summed E-state index contributed by atoms with van der Waals surface area (Å²) >= 11 is 0. The van der Waals surface area contributed by atoms with Crippen molar-refractivity contribution < 1.29 is 8.42 Å². The minimum atomic E-state index is -3.38. The van der Waals surface area contributed by atoms with Crippen molar-refractivity contribution in [2.24, 2.45) is 0 Å².